The summed E-state index contributed by atoms with van der Waals surface area (Å²) in [7, 11) is -0.708. The normalized spacial score (nSPS) is 15.8. The fourth-order valence-electron chi connectivity index (χ4n) is 1.36. The van der Waals surface area contributed by atoms with Gasteiger partial charge in [0.1, 0.15) is 0 Å². The van der Waals surface area contributed by atoms with Crippen LogP contribution in [0.4, 0.5) is 0 Å². The van der Waals surface area contributed by atoms with Crippen molar-refractivity contribution in [3.05, 3.63) is 0 Å². The van der Waals surface area contributed by atoms with Crippen molar-refractivity contribution in [1.82, 2.24) is 0 Å². The predicted molar refractivity (Wildman–Crippen MR) is 70.6 cm³/mol. The molecule has 0 aromatic heterocycles. The molecule has 2 atom stereocenters. The minimum atomic E-state index is -0.708. The summed E-state index contributed by atoms with van der Waals surface area (Å²) in [6.07, 6.45) is 2.86. The molecule has 0 rings (SSSR count). The van der Waals surface area contributed by atoms with E-state index in [0.29, 0.717) is 5.92 Å². The zero-order valence-electron chi connectivity index (χ0n) is 11.2. The minimum absolute atomic E-state index is 0.231. The van der Waals surface area contributed by atoms with E-state index in [1.807, 2.05) is 13.8 Å². The molecule has 3 heteroatoms. The van der Waals surface area contributed by atoms with Crippen LogP contribution in [0.2, 0.25) is 0 Å². The van der Waals surface area contributed by atoms with Crippen molar-refractivity contribution in [1.29, 1.82) is 5.26 Å². The average Bonchev–Trinajstić information content (AvgIpc) is 2.22. The van der Waals surface area contributed by atoms with Gasteiger partial charge in [0.05, 0.1) is 11.5 Å². The van der Waals surface area contributed by atoms with Crippen molar-refractivity contribution in [3.8, 4) is 6.07 Å². The quantitative estimate of drug-likeness (QED) is 0.642. The van der Waals surface area contributed by atoms with Gasteiger partial charge in [-0.15, -0.1) is 0 Å². The van der Waals surface area contributed by atoms with Crippen molar-refractivity contribution >= 4 is 10.8 Å². The highest BCUT2D eigenvalue weighted by Crippen LogP contribution is 2.22. The molecule has 2 nitrogen and oxygen atoms in total. The van der Waals surface area contributed by atoms with Crippen LogP contribution in [0.3, 0.4) is 0 Å². The Morgan fingerprint density at radius 1 is 1.25 bits per heavy atom. The molecule has 0 aromatic rings. The highest BCUT2D eigenvalue weighted by Gasteiger charge is 2.17. The molecular formula is C13H25NOS. The smallest absolute Gasteiger partial charge is 0.0683 e. The third-order valence-electron chi connectivity index (χ3n) is 3.05. The van der Waals surface area contributed by atoms with Crippen LogP contribution >= 0.6 is 0 Å². The molecule has 0 aliphatic rings. The lowest BCUT2D eigenvalue weighted by Crippen LogP contribution is -2.20. The number of rotatable bonds is 7. The van der Waals surface area contributed by atoms with E-state index in [2.05, 4.69) is 26.8 Å². The van der Waals surface area contributed by atoms with E-state index in [0.717, 1.165) is 25.0 Å². The van der Waals surface area contributed by atoms with E-state index in [9.17, 15) is 4.21 Å². The molecule has 16 heavy (non-hydrogen) atoms. The van der Waals surface area contributed by atoms with Crippen molar-refractivity contribution in [3.63, 3.8) is 0 Å². The Hall–Kier alpha value is -0.360. The number of nitrogens with zero attached hydrogens (tertiary/aromatic N) is 1. The molecule has 0 saturated carbocycles. The highest BCUT2D eigenvalue weighted by molar-refractivity contribution is 7.85. The largest absolute Gasteiger partial charge is 0.259 e. The van der Waals surface area contributed by atoms with Gasteiger partial charge >= 0.3 is 0 Å². The first-order chi connectivity index (χ1) is 7.30. The van der Waals surface area contributed by atoms with Gasteiger partial charge in [0.2, 0.25) is 0 Å². The van der Waals surface area contributed by atoms with Crippen molar-refractivity contribution < 1.29 is 4.21 Å². The summed E-state index contributed by atoms with van der Waals surface area (Å²) in [4.78, 5) is 0. The molecule has 0 aromatic carbocycles. The van der Waals surface area contributed by atoms with Crippen LogP contribution in [-0.4, -0.2) is 15.2 Å². The second-order valence-electron chi connectivity index (χ2n) is 5.49. The van der Waals surface area contributed by atoms with Crippen LogP contribution < -0.4 is 0 Å². The Balaban J connectivity index is 3.77. The summed E-state index contributed by atoms with van der Waals surface area (Å²) in [5.41, 5.74) is -0.231. The topological polar surface area (TPSA) is 40.9 Å². The summed E-state index contributed by atoms with van der Waals surface area (Å²) < 4.78 is 11.8. The molecule has 0 fully saturated rings. The van der Waals surface area contributed by atoms with Crippen LogP contribution in [0.25, 0.3) is 0 Å². The second kappa shape index (κ2) is 7.06. The van der Waals surface area contributed by atoms with E-state index in [1.54, 1.807) is 0 Å². The van der Waals surface area contributed by atoms with E-state index < -0.39 is 10.8 Å². The Morgan fingerprint density at radius 2 is 1.81 bits per heavy atom. The van der Waals surface area contributed by atoms with Gasteiger partial charge in [-0.1, -0.05) is 27.2 Å². The van der Waals surface area contributed by atoms with E-state index in [4.69, 9.17) is 5.26 Å². The zero-order valence-corrected chi connectivity index (χ0v) is 12.1. The molecular weight excluding hydrogens is 218 g/mol. The molecule has 0 amide bonds. The number of unbranched alkanes of at least 4 members (excludes halogenated alkanes) is 1. The summed E-state index contributed by atoms with van der Waals surface area (Å²) in [6.45, 7) is 10.2. The molecule has 2 unspecified atom stereocenters. The van der Waals surface area contributed by atoms with E-state index >= 15 is 0 Å². The lowest BCUT2D eigenvalue weighted by molar-refractivity contribution is 0.432. The van der Waals surface area contributed by atoms with Crippen molar-refractivity contribution in [2.45, 2.75) is 59.1 Å². The highest BCUT2D eigenvalue weighted by atomic mass is 32.2. The molecule has 0 N–H and O–H groups in total. The summed E-state index contributed by atoms with van der Waals surface area (Å²) >= 11 is 0. The Morgan fingerprint density at radius 3 is 2.25 bits per heavy atom. The molecule has 0 aliphatic heterocycles. The SMILES string of the molecule is CC(C)C(C)S(=O)CCCCC(C)(C)C#N. The fourth-order valence-corrected chi connectivity index (χ4v) is 2.82. The Bertz CT molecular complexity index is 266. The third-order valence-corrected chi connectivity index (χ3v) is 5.12. The monoisotopic (exact) mass is 243 g/mol. The first kappa shape index (κ1) is 15.6. The Labute approximate surface area is 103 Å². The molecule has 0 saturated heterocycles. The minimum Gasteiger partial charge on any atom is -0.259 e. The number of nitriles is 1. The van der Waals surface area contributed by atoms with Crippen molar-refractivity contribution in [2.24, 2.45) is 11.3 Å². The first-order valence-electron chi connectivity index (χ1n) is 6.08. The van der Waals surface area contributed by atoms with E-state index in [1.165, 1.54) is 0 Å². The van der Waals surface area contributed by atoms with Gasteiger partial charge in [-0.2, -0.15) is 5.26 Å². The maximum Gasteiger partial charge on any atom is 0.0683 e. The molecule has 0 spiro atoms. The number of hydrogen-bond acceptors (Lipinski definition) is 2. The predicted octanol–water partition coefficient (Wildman–Crippen LogP) is 3.50. The molecule has 0 radical (unpaired) electrons. The van der Waals surface area contributed by atoms with Crippen LogP contribution in [0.15, 0.2) is 0 Å². The number of hydrogen-bond donors (Lipinski definition) is 0. The fraction of sp³-hybridized carbons (Fsp3) is 0.923. The summed E-state index contributed by atoms with van der Waals surface area (Å²) in [5.74, 6) is 1.26. The summed E-state index contributed by atoms with van der Waals surface area (Å²) in [6, 6.07) is 2.29. The van der Waals surface area contributed by atoms with Gasteiger partial charge < -0.3 is 0 Å². The zero-order chi connectivity index (χ0) is 12.8. The first-order valence-corrected chi connectivity index (χ1v) is 7.47. The third kappa shape index (κ3) is 6.27. The van der Waals surface area contributed by atoms with Crippen LogP contribution in [0.5, 0.6) is 0 Å². The van der Waals surface area contributed by atoms with Gasteiger partial charge in [-0.05, 0) is 32.6 Å². The van der Waals surface area contributed by atoms with Crippen LogP contribution in [0.1, 0.15) is 53.9 Å². The average molecular weight is 243 g/mol. The van der Waals surface area contributed by atoms with Gasteiger partial charge in [0.15, 0.2) is 0 Å². The maximum absolute atomic E-state index is 11.8. The summed E-state index contributed by atoms with van der Waals surface area (Å²) in [5, 5.41) is 9.14. The van der Waals surface area contributed by atoms with E-state index in [-0.39, 0.29) is 10.7 Å². The lowest BCUT2D eigenvalue weighted by Gasteiger charge is -2.16. The Kier molecular flexibility index (Phi) is 6.90. The van der Waals surface area contributed by atoms with Gasteiger partial charge in [-0.3, -0.25) is 4.21 Å². The second-order valence-corrected chi connectivity index (χ2v) is 7.40. The van der Waals surface area contributed by atoms with Crippen LogP contribution in [0, 0.1) is 22.7 Å². The maximum atomic E-state index is 11.8. The van der Waals surface area contributed by atoms with Crippen molar-refractivity contribution in [2.75, 3.05) is 5.75 Å². The van der Waals surface area contributed by atoms with Gasteiger partial charge in [-0.25, -0.2) is 0 Å². The molecule has 0 bridgehead atoms. The molecule has 94 valence electrons. The van der Waals surface area contributed by atoms with Gasteiger partial charge in [0.25, 0.3) is 0 Å². The lowest BCUT2D eigenvalue weighted by atomic mass is 9.89. The standard InChI is InChI=1S/C13H25NOS/c1-11(2)12(3)16(15)9-7-6-8-13(4,5)10-14/h11-12H,6-9H2,1-5H3. The molecule has 0 aliphatic carbocycles. The molecule has 0 heterocycles. The van der Waals surface area contributed by atoms with Crippen LogP contribution in [-0.2, 0) is 10.8 Å². The van der Waals surface area contributed by atoms with Gasteiger partial charge in [0, 0.05) is 21.8 Å².